The first kappa shape index (κ1) is 12.0. The van der Waals surface area contributed by atoms with Crippen LogP contribution in [0.5, 0.6) is 0 Å². The second-order valence-electron chi connectivity index (χ2n) is 4.01. The molecule has 0 saturated carbocycles. The fourth-order valence-electron chi connectivity index (χ4n) is 1.95. The van der Waals surface area contributed by atoms with E-state index in [4.69, 9.17) is 8.91 Å². The molecule has 18 heavy (non-hydrogen) atoms. The fourth-order valence-corrected chi connectivity index (χ4v) is 6.83. The number of rotatable bonds is 2. The third kappa shape index (κ3) is 2.01. The third-order valence-electron chi connectivity index (χ3n) is 2.84. The summed E-state index contributed by atoms with van der Waals surface area (Å²) in [5.41, 5.74) is 1.91. The molecule has 1 heterocycles. The van der Waals surface area contributed by atoms with Gasteiger partial charge in [-0.1, -0.05) is 0 Å². The summed E-state index contributed by atoms with van der Waals surface area (Å²) in [4.78, 5) is 12.3. The van der Waals surface area contributed by atoms with Gasteiger partial charge >= 0.3 is 118 Å². The number of carbonyl (C=O) groups excluding carboxylic acids is 1. The van der Waals surface area contributed by atoms with E-state index in [0.717, 1.165) is 14.7 Å². The standard InChI is InChI=1S/C14H11ClINO/c15-16-13-9-5-4-8-12(13)14(18)17(16)10-11-6-2-1-3-7-11/h1-9H,10H2. The average Bonchev–Trinajstić information content (AvgIpc) is 2.66. The molecule has 1 aliphatic heterocycles. The number of hydrogen-bond acceptors (Lipinski definition) is 1. The van der Waals surface area contributed by atoms with Gasteiger partial charge in [0.25, 0.3) is 0 Å². The van der Waals surface area contributed by atoms with Crippen LogP contribution in [0, 0.1) is 3.57 Å². The number of hydrogen-bond donors (Lipinski definition) is 0. The predicted octanol–water partition coefficient (Wildman–Crippen LogP) is 4.09. The van der Waals surface area contributed by atoms with E-state index in [1.807, 2.05) is 57.7 Å². The van der Waals surface area contributed by atoms with Crippen molar-refractivity contribution in [1.82, 2.24) is 3.11 Å². The Morgan fingerprint density at radius 3 is 2.39 bits per heavy atom. The van der Waals surface area contributed by atoms with Crippen LogP contribution in [0.25, 0.3) is 0 Å². The first-order valence-corrected chi connectivity index (χ1v) is 10.4. The Balaban J connectivity index is 1.91. The number of fused-ring (bicyclic) bond motifs is 1. The first-order chi connectivity index (χ1) is 8.77. The molecule has 1 aliphatic rings. The quantitative estimate of drug-likeness (QED) is 0.575. The number of benzene rings is 2. The molecule has 92 valence electrons. The summed E-state index contributed by atoms with van der Waals surface area (Å²) in [6, 6.07) is 17.7. The fraction of sp³-hybridized carbons (Fsp3) is 0.0714. The summed E-state index contributed by atoms with van der Waals surface area (Å²) < 4.78 is 2.91. The number of halogens is 2. The van der Waals surface area contributed by atoms with Gasteiger partial charge in [0.15, 0.2) is 0 Å². The first-order valence-electron chi connectivity index (χ1n) is 5.59. The molecule has 0 bridgehead atoms. The van der Waals surface area contributed by atoms with Crippen LogP contribution in [0.15, 0.2) is 54.6 Å². The zero-order chi connectivity index (χ0) is 12.5. The van der Waals surface area contributed by atoms with E-state index in [1.54, 1.807) is 0 Å². The van der Waals surface area contributed by atoms with Crippen molar-refractivity contribution in [2.24, 2.45) is 0 Å². The molecule has 2 nitrogen and oxygen atoms in total. The van der Waals surface area contributed by atoms with Crippen molar-refractivity contribution >= 4 is 33.8 Å². The van der Waals surface area contributed by atoms with Gasteiger partial charge in [-0.15, -0.1) is 0 Å². The van der Waals surface area contributed by atoms with E-state index in [2.05, 4.69) is 0 Å². The monoisotopic (exact) mass is 371 g/mol. The molecule has 0 unspecified atom stereocenters. The Bertz CT molecular complexity index is 587. The molecule has 1 amide bonds. The van der Waals surface area contributed by atoms with Crippen LogP contribution in [-0.4, -0.2) is 9.02 Å². The van der Waals surface area contributed by atoms with Crippen molar-refractivity contribution in [3.63, 3.8) is 0 Å². The maximum absolute atomic E-state index is 12.3. The van der Waals surface area contributed by atoms with Gasteiger partial charge < -0.3 is 0 Å². The molecule has 0 fully saturated rings. The molecule has 0 aromatic heterocycles. The van der Waals surface area contributed by atoms with E-state index in [-0.39, 0.29) is 5.91 Å². The van der Waals surface area contributed by atoms with Gasteiger partial charge in [-0.2, -0.15) is 0 Å². The molecule has 0 N–H and O–H groups in total. The van der Waals surface area contributed by atoms with Crippen molar-refractivity contribution in [1.29, 1.82) is 0 Å². The van der Waals surface area contributed by atoms with Crippen molar-refractivity contribution in [2.75, 3.05) is 0 Å². The topological polar surface area (TPSA) is 20.3 Å². The Morgan fingerprint density at radius 2 is 1.67 bits per heavy atom. The molecule has 2 aromatic rings. The van der Waals surface area contributed by atoms with Crippen LogP contribution in [0.1, 0.15) is 15.9 Å². The van der Waals surface area contributed by atoms with Crippen molar-refractivity contribution in [2.45, 2.75) is 6.54 Å². The molecule has 0 atom stereocenters. The third-order valence-corrected chi connectivity index (χ3v) is 8.60. The van der Waals surface area contributed by atoms with Crippen LogP contribution in [0.4, 0.5) is 0 Å². The molecule has 0 aliphatic carbocycles. The van der Waals surface area contributed by atoms with Crippen LogP contribution < -0.4 is 0 Å². The number of amides is 1. The zero-order valence-corrected chi connectivity index (χ0v) is 12.4. The van der Waals surface area contributed by atoms with E-state index in [1.165, 1.54) is 0 Å². The second kappa shape index (κ2) is 4.90. The van der Waals surface area contributed by atoms with Gasteiger partial charge in [0, 0.05) is 0 Å². The van der Waals surface area contributed by atoms with Gasteiger partial charge in [0.05, 0.1) is 0 Å². The average molecular weight is 372 g/mol. The van der Waals surface area contributed by atoms with Crippen molar-refractivity contribution in [3.05, 3.63) is 69.3 Å². The minimum atomic E-state index is -2.02. The van der Waals surface area contributed by atoms with Gasteiger partial charge in [0.2, 0.25) is 0 Å². The molecular weight excluding hydrogens is 361 g/mol. The summed E-state index contributed by atoms with van der Waals surface area (Å²) in [6.45, 7) is 0.614. The van der Waals surface area contributed by atoms with Crippen molar-refractivity contribution in [3.8, 4) is 0 Å². The Kier molecular flexibility index (Phi) is 3.26. The van der Waals surface area contributed by atoms with E-state index in [0.29, 0.717) is 6.54 Å². The Labute approximate surface area is 117 Å². The molecule has 4 heteroatoms. The van der Waals surface area contributed by atoms with Crippen molar-refractivity contribution < 1.29 is 4.79 Å². The van der Waals surface area contributed by atoms with Gasteiger partial charge in [-0.05, 0) is 0 Å². The number of carbonyl (C=O) groups is 1. The summed E-state index contributed by atoms with van der Waals surface area (Å²) in [5.74, 6) is 0.0784. The summed E-state index contributed by atoms with van der Waals surface area (Å²) in [6.07, 6.45) is 0. The molecule has 0 saturated heterocycles. The normalized spacial score (nSPS) is 15.9. The molecule has 3 rings (SSSR count). The molecule has 0 radical (unpaired) electrons. The summed E-state index contributed by atoms with van der Waals surface area (Å²) >= 11 is -2.02. The zero-order valence-electron chi connectivity index (χ0n) is 9.51. The van der Waals surface area contributed by atoms with Crippen LogP contribution in [-0.2, 0) is 6.54 Å². The molecule has 2 aromatic carbocycles. The van der Waals surface area contributed by atoms with Crippen LogP contribution in [0.2, 0.25) is 0 Å². The van der Waals surface area contributed by atoms with Gasteiger partial charge in [-0.25, -0.2) is 0 Å². The predicted molar refractivity (Wildman–Crippen MR) is 81.3 cm³/mol. The Morgan fingerprint density at radius 1 is 1.00 bits per heavy atom. The van der Waals surface area contributed by atoms with E-state index >= 15 is 0 Å². The number of nitrogens with zero attached hydrogens (tertiary/aromatic N) is 1. The summed E-state index contributed by atoms with van der Waals surface area (Å²) in [7, 11) is 6.52. The van der Waals surface area contributed by atoms with Crippen LogP contribution >= 0.6 is 27.9 Å². The maximum atomic E-state index is 12.3. The van der Waals surface area contributed by atoms with E-state index < -0.39 is 19.0 Å². The van der Waals surface area contributed by atoms with E-state index in [9.17, 15) is 4.79 Å². The van der Waals surface area contributed by atoms with Gasteiger partial charge in [0.1, 0.15) is 0 Å². The molecular formula is C14H11ClINO. The molecule has 0 spiro atoms. The second-order valence-corrected chi connectivity index (χ2v) is 9.41. The Hall–Kier alpha value is -1.07. The van der Waals surface area contributed by atoms with Crippen LogP contribution in [0.3, 0.4) is 0 Å². The summed E-state index contributed by atoms with van der Waals surface area (Å²) in [5, 5.41) is 0. The minimum absolute atomic E-state index is 0.0784. The SMILES string of the molecule is O=C1c2ccccc2I(Cl)N1Cc1ccccc1. The van der Waals surface area contributed by atoms with Gasteiger partial charge in [-0.3, -0.25) is 0 Å².